The van der Waals surface area contributed by atoms with E-state index in [4.69, 9.17) is 4.74 Å². The van der Waals surface area contributed by atoms with Crippen molar-refractivity contribution in [1.82, 2.24) is 14.7 Å². The van der Waals surface area contributed by atoms with Crippen LogP contribution in [-0.4, -0.2) is 72.6 Å². The highest BCUT2D eigenvalue weighted by Gasteiger charge is 2.42. The second-order valence-electron chi connectivity index (χ2n) is 9.22. The number of piperidine rings is 4. The predicted molar refractivity (Wildman–Crippen MR) is 109 cm³/mol. The molecule has 1 aromatic carbocycles. The maximum atomic E-state index is 13.4. The van der Waals surface area contributed by atoms with E-state index >= 15 is 0 Å². The van der Waals surface area contributed by atoms with Crippen LogP contribution in [0.2, 0.25) is 0 Å². The van der Waals surface area contributed by atoms with Gasteiger partial charge in [-0.05, 0) is 55.8 Å². The number of amides is 2. The number of ether oxygens (including phenoxy) is 1. The molecule has 3 atom stereocenters. The predicted octanol–water partition coefficient (Wildman–Crippen LogP) is 2.69. The Morgan fingerprint density at radius 2 is 1.79 bits per heavy atom. The molecule has 156 valence electrons. The molecule has 0 aliphatic carbocycles. The highest BCUT2D eigenvalue weighted by Crippen LogP contribution is 2.40. The maximum absolute atomic E-state index is 13.4. The molecule has 1 aromatic rings. The topological polar surface area (TPSA) is 53.1 Å². The second kappa shape index (κ2) is 7.63. The van der Waals surface area contributed by atoms with E-state index in [0.29, 0.717) is 25.4 Å². The first-order valence-electron chi connectivity index (χ1n) is 11.1. The molecule has 4 saturated heterocycles. The number of fused-ring (bicyclic) bond motifs is 4. The zero-order chi connectivity index (χ0) is 20.0. The molecule has 4 fully saturated rings. The fraction of sp³-hybridized carbons (Fsp3) is 0.652. The van der Waals surface area contributed by atoms with Crippen LogP contribution in [0, 0.1) is 11.8 Å². The minimum absolute atomic E-state index is 0.0101. The summed E-state index contributed by atoms with van der Waals surface area (Å²) in [7, 11) is 1.87. The molecule has 0 aromatic heterocycles. The summed E-state index contributed by atoms with van der Waals surface area (Å²) in [6, 6.07) is 8.46. The van der Waals surface area contributed by atoms with E-state index < -0.39 is 0 Å². The molecule has 0 spiro atoms. The summed E-state index contributed by atoms with van der Waals surface area (Å²) in [4.78, 5) is 31.6. The zero-order valence-electron chi connectivity index (χ0n) is 17.3. The van der Waals surface area contributed by atoms with E-state index in [1.807, 2.05) is 16.8 Å². The third-order valence-corrected chi connectivity index (χ3v) is 7.52. The number of hydrogen-bond acceptors (Lipinski definition) is 4. The van der Waals surface area contributed by atoms with Crippen molar-refractivity contribution in [3.05, 3.63) is 35.4 Å². The number of likely N-dealkylation sites (tertiary alicyclic amines) is 1. The van der Waals surface area contributed by atoms with Gasteiger partial charge in [0.25, 0.3) is 0 Å². The smallest absolute Gasteiger partial charge is 0.410 e. The Kier molecular flexibility index (Phi) is 4.98. The van der Waals surface area contributed by atoms with Crippen LogP contribution in [0.5, 0.6) is 0 Å². The van der Waals surface area contributed by atoms with Gasteiger partial charge in [-0.1, -0.05) is 24.3 Å². The van der Waals surface area contributed by atoms with E-state index in [9.17, 15) is 9.59 Å². The van der Waals surface area contributed by atoms with E-state index in [0.717, 1.165) is 45.3 Å². The summed E-state index contributed by atoms with van der Waals surface area (Å²) >= 11 is 0. The minimum Gasteiger partial charge on any atom is -0.444 e. The molecular weight excluding hydrogens is 366 g/mol. The summed E-state index contributed by atoms with van der Waals surface area (Å²) in [6.07, 6.45) is 4.39. The van der Waals surface area contributed by atoms with Crippen LogP contribution < -0.4 is 0 Å². The highest BCUT2D eigenvalue weighted by molar-refractivity contribution is 5.76. The van der Waals surface area contributed by atoms with Crippen molar-refractivity contribution in [3.8, 4) is 0 Å². The molecule has 5 aliphatic rings. The summed E-state index contributed by atoms with van der Waals surface area (Å²) in [5.41, 5.74) is 2.56. The fourth-order valence-electron chi connectivity index (χ4n) is 5.86. The summed E-state index contributed by atoms with van der Waals surface area (Å²) in [5, 5.41) is 0. The Hall–Kier alpha value is -2.08. The molecule has 6 nitrogen and oxygen atoms in total. The molecule has 0 N–H and O–H groups in total. The average molecular weight is 398 g/mol. The Bertz CT molecular complexity index is 789. The van der Waals surface area contributed by atoms with Gasteiger partial charge in [0.15, 0.2) is 0 Å². The fourth-order valence-corrected chi connectivity index (χ4v) is 5.86. The van der Waals surface area contributed by atoms with E-state index in [1.54, 1.807) is 0 Å². The van der Waals surface area contributed by atoms with Crippen molar-refractivity contribution >= 4 is 12.0 Å². The van der Waals surface area contributed by atoms with Crippen molar-refractivity contribution in [1.29, 1.82) is 0 Å². The molecule has 0 radical (unpaired) electrons. The monoisotopic (exact) mass is 397 g/mol. The standard InChI is InChI=1S/C23H31N3O3/c1-24-14-18(6-7-21(24)27)22-19-5-3-2-4-16(19)10-13-26(22)23(28)29-20-15-25-11-8-17(20)9-12-25/h2-5,17-18,20,22H,6-15H2,1H3/t18?,20-,22+/m1/s1. The normalized spacial score (nSPS) is 34.1. The Labute approximate surface area is 172 Å². The lowest BCUT2D eigenvalue weighted by molar-refractivity contribution is -0.134. The van der Waals surface area contributed by atoms with E-state index in [-0.39, 0.29) is 30.1 Å². The van der Waals surface area contributed by atoms with Crippen LogP contribution in [0.4, 0.5) is 4.79 Å². The molecule has 0 saturated carbocycles. The van der Waals surface area contributed by atoms with E-state index in [1.165, 1.54) is 11.1 Å². The largest absolute Gasteiger partial charge is 0.444 e. The number of carbonyl (C=O) groups excluding carboxylic acids is 2. The SMILES string of the molecule is CN1CC([C@H]2c3ccccc3CCN2C(=O)O[C@@H]2CN3CCC2CC3)CCC1=O. The number of rotatable bonds is 2. The Morgan fingerprint density at radius 3 is 2.52 bits per heavy atom. The first-order chi connectivity index (χ1) is 14.1. The number of benzene rings is 1. The molecule has 5 heterocycles. The van der Waals surface area contributed by atoms with Crippen LogP contribution in [0.25, 0.3) is 0 Å². The van der Waals surface area contributed by atoms with Gasteiger partial charge in [0.1, 0.15) is 6.10 Å². The van der Waals surface area contributed by atoms with Gasteiger partial charge in [-0.25, -0.2) is 4.79 Å². The lowest BCUT2D eigenvalue weighted by Crippen LogP contribution is -2.54. The summed E-state index contributed by atoms with van der Waals surface area (Å²) < 4.78 is 6.11. The minimum atomic E-state index is -0.164. The van der Waals surface area contributed by atoms with Gasteiger partial charge in [0.2, 0.25) is 5.91 Å². The van der Waals surface area contributed by atoms with Crippen molar-refractivity contribution in [2.24, 2.45) is 11.8 Å². The first-order valence-corrected chi connectivity index (χ1v) is 11.1. The van der Waals surface area contributed by atoms with E-state index in [2.05, 4.69) is 29.2 Å². The van der Waals surface area contributed by atoms with Gasteiger partial charge >= 0.3 is 6.09 Å². The van der Waals surface area contributed by atoms with Gasteiger partial charge < -0.3 is 14.5 Å². The number of nitrogens with zero attached hydrogens (tertiary/aromatic N) is 3. The third kappa shape index (κ3) is 3.52. The summed E-state index contributed by atoms with van der Waals surface area (Å²) in [5.74, 6) is 0.961. The van der Waals surface area contributed by atoms with Crippen molar-refractivity contribution in [3.63, 3.8) is 0 Å². The molecule has 6 heteroatoms. The van der Waals surface area contributed by atoms with Crippen LogP contribution in [0.3, 0.4) is 0 Å². The maximum Gasteiger partial charge on any atom is 0.410 e. The molecule has 6 rings (SSSR count). The van der Waals surface area contributed by atoms with Gasteiger partial charge in [-0.15, -0.1) is 0 Å². The molecule has 2 amide bonds. The van der Waals surface area contributed by atoms with Crippen LogP contribution >= 0.6 is 0 Å². The molecule has 1 unspecified atom stereocenters. The van der Waals surface area contributed by atoms with Crippen molar-refractivity contribution < 1.29 is 14.3 Å². The summed E-state index contributed by atoms with van der Waals surface area (Å²) in [6.45, 7) is 4.55. The van der Waals surface area contributed by atoms with Gasteiger partial charge in [0, 0.05) is 39.0 Å². The number of hydrogen-bond donors (Lipinski definition) is 0. The lowest BCUT2D eigenvalue weighted by Gasteiger charge is -2.47. The Balaban J connectivity index is 1.38. The Morgan fingerprint density at radius 1 is 1.00 bits per heavy atom. The van der Waals surface area contributed by atoms with Crippen LogP contribution in [0.1, 0.15) is 42.9 Å². The first kappa shape index (κ1) is 18.9. The molecule has 5 aliphatic heterocycles. The second-order valence-corrected chi connectivity index (χ2v) is 9.22. The van der Waals surface area contributed by atoms with Crippen LogP contribution in [-0.2, 0) is 16.0 Å². The van der Waals surface area contributed by atoms with Crippen molar-refractivity contribution in [2.75, 3.05) is 39.8 Å². The lowest BCUT2D eigenvalue weighted by atomic mass is 9.81. The molecule has 2 bridgehead atoms. The number of carbonyl (C=O) groups is 2. The van der Waals surface area contributed by atoms with Gasteiger partial charge in [-0.3, -0.25) is 9.69 Å². The highest BCUT2D eigenvalue weighted by atomic mass is 16.6. The average Bonchev–Trinajstić information content (AvgIpc) is 2.76. The quantitative estimate of drug-likeness (QED) is 0.770. The molecule has 29 heavy (non-hydrogen) atoms. The van der Waals surface area contributed by atoms with Crippen molar-refractivity contribution in [2.45, 2.75) is 44.2 Å². The van der Waals surface area contributed by atoms with Gasteiger partial charge in [0.05, 0.1) is 6.04 Å². The molecular formula is C23H31N3O3. The van der Waals surface area contributed by atoms with Crippen LogP contribution in [0.15, 0.2) is 24.3 Å². The zero-order valence-corrected chi connectivity index (χ0v) is 17.3. The van der Waals surface area contributed by atoms with Gasteiger partial charge in [-0.2, -0.15) is 0 Å². The third-order valence-electron chi connectivity index (χ3n) is 7.52.